The summed E-state index contributed by atoms with van der Waals surface area (Å²) in [5, 5.41) is 4.97. The molecule has 156 valence electrons. The van der Waals surface area contributed by atoms with Crippen LogP contribution in [-0.4, -0.2) is 41.0 Å². The maximum atomic E-state index is 13.1. The molecule has 0 spiro atoms. The van der Waals surface area contributed by atoms with E-state index in [-0.39, 0.29) is 23.6 Å². The predicted octanol–water partition coefficient (Wildman–Crippen LogP) is 3.42. The van der Waals surface area contributed by atoms with Gasteiger partial charge in [-0.1, -0.05) is 40.2 Å². The van der Waals surface area contributed by atoms with Crippen LogP contribution in [0, 0.1) is 5.92 Å². The normalized spacial score (nSPS) is 20.8. The lowest BCUT2D eigenvalue weighted by Gasteiger charge is -2.35. The van der Waals surface area contributed by atoms with Crippen LogP contribution in [0.15, 0.2) is 57.9 Å². The summed E-state index contributed by atoms with van der Waals surface area (Å²) in [5.74, 6) is -0.848. The van der Waals surface area contributed by atoms with Crippen LogP contribution < -0.4 is 10.6 Å². The number of rotatable bonds is 4. The minimum Gasteiger partial charge on any atom is -0.352 e. The number of carbonyl (C=O) groups excluding carboxylic acids is 3. The number of anilines is 1. The number of fused-ring (bicyclic) bond motifs is 1. The average molecular weight is 488 g/mol. The number of benzene rings is 2. The van der Waals surface area contributed by atoms with E-state index >= 15 is 0 Å². The Morgan fingerprint density at radius 1 is 1.20 bits per heavy atom. The molecular weight excluding hydrogens is 466 g/mol. The molecule has 8 heteroatoms. The SMILES string of the molecule is O=C(NCc1cccc(Br)c1)[C@@H]1CCCN(C(=O)[C@@H]2Sc3ccccc3NC2=O)C1. The minimum absolute atomic E-state index is 0.0569. The van der Waals surface area contributed by atoms with Gasteiger partial charge in [-0.3, -0.25) is 14.4 Å². The van der Waals surface area contributed by atoms with Gasteiger partial charge in [-0.05, 0) is 42.7 Å². The van der Waals surface area contributed by atoms with Crippen LogP contribution in [0.2, 0.25) is 0 Å². The standard InChI is InChI=1S/C22H22BrN3O3S/c23-16-7-3-5-14(11-16)12-24-20(27)15-6-4-10-26(13-15)22(29)19-21(28)25-17-8-1-2-9-18(17)30-19/h1-3,5,7-9,11,15,19H,4,6,10,12-13H2,(H,24,27)(H,25,28)/t15-,19-/m1/s1. The first kappa shape index (κ1) is 20.9. The molecule has 0 aromatic heterocycles. The summed E-state index contributed by atoms with van der Waals surface area (Å²) in [6.07, 6.45) is 1.48. The third-order valence-electron chi connectivity index (χ3n) is 5.31. The smallest absolute Gasteiger partial charge is 0.247 e. The monoisotopic (exact) mass is 487 g/mol. The molecule has 2 aromatic rings. The molecule has 2 aliphatic rings. The van der Waals surface area contributed by atoms with E-state index in [1.165, 1.54) is 11.8 Å². The first-order chi connectivity index (χ1) is 14.5. The van der Waals surface area contributed by atoms with Gasteiger partial charge in [-0.2, -0.15) is 0 Å². The first-order valence-corrected chi connectivity index (χ1v) is 11.6. The van der Waals surface area contributed by atoms with Crippen molar-refractivity contribution in [3.8, 4) is 0 Å². The largest absolute Gasteiger partial charge is 0.352 e. The number of likely N-dealkylation sites (tertiary alicyclic amines) is 1. The molecule has 1 saturated heterocycles. The Balaban J connectivity index is 1.37. The Morgan fingerprint density at radius 3 is 2.87 bits per heavy atom. The van der Waals surface area contributed by atoms with Gasteiger partial charge < -0.3 is 15.5 Å². The van der Waals surface area contributed by atoms with E-state index in [1.807, 2.05) is 48.5 Å². The molecule has 0 saturated carbocycles. The molecule has 4 rings (SSSR count). The van der Waals surface area contributed by atoms with E-state index in [4.69, 9.17) is 0 Å². The van der Waals surface area contributed by atoms with E-state index < -0.39 is 5.25 Å². The molecule has 0 radical (unpaired) electrons. The molecule has 1 fully saturated rings. The second-order valence-electron chi connectivity index (χ2n) is 7.45. The zero-order valence-electron chi connectivity index (χ0n) is 16.3. The van der Waals surface area contributed by atoms with Crippen molar-refractivity contribution < 1.29 is 14.4 Å². The van der Waals surface area contributed by atoms with E-state index in [9.17, 15) is 14.4 Å². The molecule has 2 N–H and O–H groups in total. The van der Waals surface area contributed by atoms with Gasteiger partial charge in [0, 0.05) is 29.0 Å². The molecule has 6 nitrogen and oxygen atoms in total. The second-order valence-corrected chi connectivity index (χ2v) is 9.52. The highest BCUT2D eigenvalue weighted by Crippen LogP contribution is 2.36. The number of piperidine rings is 1. The number of hydrogen-bond donors (Lipinski definition) is 2. The number of para-hydroxylation sites is 1. The summed E-state index contributed by atoms with van der Waals surface area (Å²) in [6, 6.07) is 15.3. The highest BCUT2D eigenvalue weighted by atomic mass is 79.9. The quantitative estimate of drug-likeness (QED) is 0.647. The zero-order valence-corrected chi connectivity index (χ0v) is 18.7. The van der Waals surface area contributed by atoms with Crippen LogP contribution >= 0.6 is 27.7 Å². The highest BCUT2D eigenvalue weighted by Gasteiger charge is 2.38. The first-order valence-electron chi connectivity index (χ1n) is 9.89. The van der Waals surface area contributed by atoms with E-state index in [0.29, 0.717) is 19.6 Å². The molecule has 2 atom stereocenters. The van der Waals surface area contributed by atoms with Crippen LogP contribution in [0.5, 0.6) is 0 Å². The molecule has 2 heterocycles. The van der Waals surface area contributed by atoms with Crippen molar-refractivity contribution >= 4 is 51.1 Å². The van der Waals surface area contributed by atoms with Gasteiger partial charge in [0.05, 0.1) is 11.6 Å². The lowest BCUT2D eigenvalue weighted by molar-refractivity contribution is -0.137. The molecule has 0 aliphatic carbocycles. The average Bonchev–Trinajstić information content (AvgIpc) is 2.76. The van der Waals surface area contributed by atoms with Crippen molar-refractivity contribution in [1.82, 2.24) is 10.2 Å². The van der Waals surface area contributed by atoms with Gasteiger partial charge in [0.2, 0.25) is 17.7 Å². The van der Waals surface area contributed by atoms with Crippen molar-refractivity contribution in [3.05, 3.63) is 58.6 Å². The molecule has 0 bridgehead atoms. The maximum Gasteiger partial charge on any atom is 0.247 e. The van der Waals surface area contributed by atoms with E-state index in [2.05, 4.69) is 26.6 Å². The Kier molecular flexibility index (Phi) is 6.43. The summed E-state index contributed by atoms with van der Waals surface area (Å²) < 4.78 is 0.966. The van der Waals surface area contributed by atoms with Crippen LogP contribution in [0.1, 0.15) is 18.4 Å². The summed E-state index contributed by atoms with van der Waals surface area (Å²) in [6.45, 7) is 1.36. The van der Waals surface area contributed by atoms with E-state index in [0.717, 1.165) is 33.5 Å². The second kappa shape index (κ2) is 9.22. The lowest BCUT2D eigenvalue weighted by Crippen LogP contribution is -2.50. The fourth-order valence-corrected chi connectivity index (χ4v) is 5.27. The summed E-state index contributed by atoms with van der Waals surface area (Å²) >= 11 is 4.71. The van der Waals surface area contributed by atoms with Crippen LogP contribution in [0.25, 0.3) is 0 Å². The van der Waals surface area contributed by atoms with Gasteiger partial charge >= 0.3 is 0 Å². The number of carbonyl (C=O) groups is 3. The van der Waals surface area contributed by atoms with Crippen molar-refractivity contribution in [3.63, 3.8) is 0 Å². The Morgan fingerprint density at radius 2 is 2.03 bits per heavy atom. The number of amides is 3. The Hall–Kier alpha value is -2.32. The number of nitrogens with zero attached hydrogens (tertiary/aromatic N) is 1. The van der Waals surface area contributed by atoms with Crippen LogP contribution in [0.4, 0.5) is 5.69 Å². The van der Waals surface area contributed by atoms with Gasteiger partial charge in [0.1, 0.15) is 0 Å². The van der Waals surface area contributed by atoms with Gasteiger partial charge in [-0.15, -0.1) is 11.8 Å². The number of thioether (sulfide) groups is 1. The van der Waals surface area contributed by atoms with Gasteiger partial charge in [-0.25, -0.2) is 0 Å². The fraction of sp³-hybridized carbons (Fsp3) is 0.318. The maximum absolute atomic E-state index is 13.1. The van der Waals surface area contributed by atoms with Crippen LogP contribution in [-0.2, 0) is 20.9 Å². The summed E-state index contributed by atoms with van der Waals surface area (Å²) in [4.78, 5) is 40.8. The number of nitrogens with one attached hydrogen (secondary N) is 2. The Bertz CT molecular complexity index is 984. The summed E-state index contributed by atoms with van der Waals surface area (Å²) in [7, 11) is 0. The van der Waals surface area contributed by atoms with Crippen LogP contribution in [0.3, 0.4) is 0 Å². The predicted molar refractivity (Wildman–Crippen MR) is 120 cm³/mol. The third kappa shape index (κ3) is 4.70. The van der Waals surface area contributed by atoms with Gasteiger partial charge in [0.15, 0.2) is 5.25 Å². The fourth-order valence-electron chi connectivity index (χ4n) is 3.75. The summed E-state index contributed by atoms with van der Waals surface area (Å²) in [5.41, 5.74) is 1.75. The van der Waals surface area contributed by atoms with E-state index in [1.54, 1.807) is 4.90 Å². The number of hydrogen-bond acceptors (Lipinski definition) is 4. The highest BCUT2D eigenvalue weighted by molar-refractivity contribution is 9.10. The van der Waals surface area contributed by atoms with Crippen molar-refractivity contribution in [1.29, 1.82) is 0 Å². The number of halogens is 1. The Labute approximate surface area is 187 Å². The van der Waals surface area contributed by atoms with Crippen molar-refractivity contribution in [2.45, 2.75) is 29.5 Å². The molecule has 3 amide bonds. The topological polar surface area (TPSA) is 78.5 Å². The molecular formula is C22H22BrN3O3S. The van der Waals surface area contributed by atoms with Crippen molar-refractivity contribution in [2.75, 3.05) is 18.4 Å². The molecule has 2 aliphatic heterocycles. The van der Waals surface area contributed by atoms with Gasteiger partial charge in [0.25, 0.3) is 0 Å². The molecule has 30 heavy (non-hydrogen) atoms. The molecule has 2 aromatic carbocycles. The minimum atomic E-state index is -0.816. The zero-order chi connectivity index (χ0) is 21.1. The molecule has 0 unspecified atom stereocenters. The third-order valence-corrected chi connectivity index (χ3v) is 7.07. The van der Waals surface area contributed by atoms with Crippen molar-refractivity contribution in [2.24, 2.45) is 5.92 Å². The lowest BCUT2D eigenvalue weighted by atomic mass is 9.96.